The first kappa shape index (κ1) is 17.1. The highest BCUT2D eigenvalue weighted by atomic mass is 32.1. The van der Waals surface area contributed by atoms with Gasteiger partial charge in [0.25, 0.3) is 0 Å². The lowest BCUT2D eigenvalue weighted by molar-refractivity contribution is 0.0298. The summed E-state index contributed by atoms with van der Waals surface area (Å²) >= 11 is 1.62. The van der Waals surface area contributed by atoms with Gasteiger partial charge in [0.15, 0.2) is 5.13 Å². The molecule has 0 radical (unpaired) electrons. The molecule has 4 nitrogen and oxygen atoms in total. The smallest absolute Gasteiger partial charge is 0.185 e. The third kappa shape index (κ3) is 4.08. The molecule has 134 valence electrons. The molecule has 1 atom stereocenters. The van der Waals surface area contributed by atoms with E-state index in [4.69, 9.17) is 9.72 Å². The summed E-state index contributed by atoms with van der Waals surface area (Å²) in [7, 11) is 0. The molecule has 3 heterocycles. The van der Waals surface area contributed by atoms with Gasteiger partial charge in [0.2, 0.25) is 0 Å². The number of nitrogens with zero attached hydrogens (tertiary/aromatic N) is 3. The van der Waals surface area contributed by atoms with Crippen LogP contribution in [0, 0.1) is 5.82 Å². The van der Waals surface area contributed by atoms with Gasteiger partial charge in [-0.05, 0) is 49.2 Å². The summed E-state index contributed by atoms with van der Waals surface area (Å²) < 4.78 is 19.1. The van der Waals surface area contributed by atoms with E-state index in [1.54, 1.807) is 29.7 Å². The molecule has 26 heavy (non-hydrogen) atoms. The van der Waals surface area contributed by atoms with E-state index < -0.39 is 0 Å². The number of hydrogen-bond acceptors (Lipinski definition) is 5. The number of hydrogen-bond donors (Lipinski definition) is 0. The van der Waals surface area contributed by atoms with Gasteiger partial charge in [-0.3, -0.25) is 4.98 Å². The number of benzene rings is 1. The Balaban J connectivity index is 1.39. The highest BCUT2D eigenvalue weighted by molar-refractivity contribution is 7.14. The molecule has 0 amide bonds. The second-order valence-electron chi connectivity index (χ2n) is 6.36. The van der Waals surface area contributed by atoms with Crippen molar-refractivity contribution in [2.45, 2.75) is 25.6 Å². The molecule has 1 aliphatic heterocycles. The molecular formula is C20H20FN3OS. The van der Waals surface area contributed by atoms with Crippen LogP contribution in [0.5, 0.6) is 0 Å². The maximum absolute atomic E-state index is 13.1. The lowest BCUT2D eigenvalue weighted by Crippen LogP contribution is -2.39. The van der Waals surface area contributed by atoms with Crippen LogP contribution in [0.3, 0.4) is 0 Å². The number of piperidine rings is 1. The van der Waals surface area contributed by atoms with Gasteiger partial charge in [-0.2, -0.15) is 0 Å². The molecule has 1 unspecified atom stereocenters. The van der Waals surface area contributed by atoms with Crippen molar-refractivity contribution in [1.29, 1.82) is 0 Å². The first-order chi connectivity index (χ1) is 12.8. The molecular weight excluding hydrogens is 349 g/mol. The van der Waals surface area contributed by atoms with Gasteiger partial charge in [0, 0.05) is 30.2 Å². The summed E-state index contributed by atoms with van der Waals surface area (Å²) in [6, 6.07) is 12.3. The minimum atomic E-state index is -0.229. The minimum absolute atomic E-state index is 0.184. The highest BCUT2D eigenvalue weighted by Crippen LogP contribution is 2.30. The molecule has 0 spiro atoms. The Labute approximate surface area is 156 Å². The third-order valence-electron chi connectivity index (χ3n) is 4.47. The normalized spacial score (nSPS) is 17.4. The van der Waals surface area contributed by atoms with E-state index in [0.717, 1.165) is 48.0 Å². The zero-order chi connectivity index (χ0) is 17.8. The van der Waals surface area contributed by atoms with Crippen molar-refractivity contribution in [3.05, 3.63) is 65.6 Å². The van der Waals surface area contributed by atoms with E-state index in [0.29, 0.717) is 6.61 Å². The zero-order valence-electron chi connectivity index (χ0n) is 14.3. The van der Waals surface area contributed by atoms with Crippen LogP contribution in [0.2, 0.25) is 0 Å². The Hall–Kier alpha value is -2.31. The van der Waals surface area contributed by atoms with Crippen LogP contribution >= 0.6 is 11.3 Å². The maximum Gasteiger partial charge on any atom is 0.185 e. The first-order valence-corrected chi connectivity index (χ1v) is 9.64. The molecule has 2 aromatic heterocycles. The van der Waals surface area contributed by atoms with E-state index in [-0.39, 0.29) is 11.9 Å². The monoisotopic (exact) mass is 369 g/mol. The van der Waals surface area contributed by atoms with Crippen molar-refractivity contribution >= 4 is 16.5 Å². The number of pyridine rings is 1. The van der Waals surface area contributed by atoms with Gasteiger partial charge in [0.1, 0.15) is 5.82 Å². The van der Waals surface area contributed by atoms with E-state index in [1.807, 2.05) is 23.6 Å². The summed E-state index contributed by atoms with van der Waals surface area (Å²) in [5, 5.41) is 3.02. The number of thiazole rings is 1. The SMILES string of the molecule is Fc1ccc(-c2csc(N3CCCC(OCc4ccccn4)C3)n2)cc1. The molecule has 0 saturated carbocycles. The van der Waals surface area contributed by atoms with Crippen LogP contribution < -0.4 is 4.90 Å². The van der Waals surface area contributed by atoms with Crippen LogP contribution in [0.4, 0.5) is 9.52 Å². The fourth-order valence-electron chi connectivity index (χ4n) is 3.10. The Morgan fingerprint density at radius 3 is 2.88 bits per heavy atom. The van der Waals surface area contributed by atoms with Gasteiger partial charge >= 0.3 is 0 Å². The standard InChI is InChI=1S/C20H20FN3OS/c21-16-8-6-15(7-9-16)19-14-26-20(23-19)24-11-3-5-18(12-24)25-13-17-4-1-2-10-22-17/h1-2,4,6-10,14,18H,3,5,11-13H2. The van der Waals surface area contributed by atoms with Crippen molar-refractivity contribution in [3.63, 3.8) is 0 Å². The second kappa shape index (κ2) is 7.93. The average molecular weight is 369 g/mol. The molecule has 1 fully saturated rings. The largest absolute Gasteiger partial charge is 0.370 e. The van der Waals surface area contributed by atoms with Crippen molar-refractivity contribution in [1.82, 2.24) is 9.97 Å². The quantitative estimate of drug-likeness (QED) is 0.662. The number of rotatable bonds is 5. The second-order valence-corrected chi connectivity index (χ2v) is 7.20. The van der Waals surface area contributed by atoms with Crippen molar-refractivity contribution in [2.75, 3.05) is 18.0 Å². The summed E-state index contributed by atoms with van der Waals surface area (Å²) in [6.45, 7) is 2.36. The lowest BCUT2D eigenvalue weighted by atomic mass is 10.1. The van der Waals surface area contributed by atoms with Crippen molar-refractivity contribution in [3.8, 4) is 11.3 Å². The molecule has 3 aromatic rings. The fraction of sp³-hybridized carbons (Fsp3) is 0.300. The lowest BCUT2D eigenvalue weighted by Gasteiger charge is -2.32. The van der Waals surface area contributed by atoms with E-state index in [2.05, 4.69) is 9.88 Å². The van der Waals surface area contributed by atoms with E-state index in [9.17, 15) is 4.39 Å². The number of anilines is 1. The zero-order valence-corrected chi connectivity index (χ0v) is 15.2. The Kier molecular flexibility index (Phi) is 5.22. The molecule has 1 aromatic carbocycles. The number of aromatic nitrogens is 2. The topological polar surface area (TPSA) is 38.2 Å². The molecule has 0 aliphatic carbocycles. The Morgan fingerprint density at radius 1 is 1.19 bits per heavy atom. The summed E-state index contributed by atoms with van der Waals surface area (Å²) in [5.41, 5.74) is 2.79. The number of ether oxygens (including phenoxy) is 1. The van der Waals surface area contributed by atoms with Crippen LogP contribution in [0.25, 0.3) is 11.3 Å². The van der Waals surface area contributed by atoms with Crippen LogP contribution in [-0.2, 0) is 11.3 Å². The highest BCUT2D eigenvalue weighted by Gasteiger charge is 2.23. The average Bonchev–Trinajstić information content (AvgIpc) is 3.18. The van der Waals surface area contributed by atoms with Crippen molar-refractivity contribution < 1.29 is 9.13 Å². The minimum Gasteiger partial charge on any atom is -0.370 e. The Morgan fingerprint density at radius 2 is 2.08 bits per heavy atom. The van der Waals surface area contributed by atoms with Gasteiger partial charge < -0.3 is 9.64 Å². The van der Waals surface area contributed by atoms with Crippen LogP contribution in [0.1, 0.15) is 18.5 Å². The van der Waals surface area contributed by atoms with E-state index >= 15 is 0 Å². The van der Waals surface area contributed by atoms with Gasteiger partial charge in [-0.15, -0.1) is 11.3 Å². The molecule has 1 saturated heterocycles. The van der Waals surface area contributed by atoms with Crippen LogP contribution in [-0.4, -0.2) is 29.2 Å². The molecule has 6 heteroatoms. The van der Waals surface area contributed by atoms with Gasteiger partial charge in [-0.25, -0.2) is 9.37 Å². The summed E-state index contributed by atoms with van der Waals surface area (Å²) in [4.78, 5) is 11.3. The van der Waals surface area contributed by atoms with Gasteiger partial charge in [0.05, 0.1) is 24.1 Å². The first-order valence-electron chi connectivity index (χ1n) is 8.76. The van der Waals surface area contributed by atoms with E-state index in [1.165, 1.54) is 12.1 Å². The predicted molar refractivity (Wildman–Crippen MR) is 102 cm³/mol. The predicted octanol–water partition coefficient (Wildman–Crippen LogP) is 4.53. The van der Waals surface area contributed by atoms with Crippen LogP contribution in [0.15, 0.2) is 54.0 Å². The van der Waals surface area contributed by atoms with Gasteiger partial charge in [-0.1, -0.05) is 6.07 Å². The third-order valence-corrected chi connectivity index (χ3v) is 5.38. The van der Waals surface area contributed by atoms with Crippen molar-refractivity contribution in [2.24, 2.45) is 0 Å². The fourth-order valence-corrected chi connectivity index (χ4v) is 3.97. The number of halogens is 1. The molecule has 1 aliphatic rings. The molecule has 4 rings (SSSR count). The molecule has 0 bridgehead atoms. The summed E-state index contributed by atoms with van der Waals surface area (Å²) in [6.07, 6.45) is 4.11. The molecule has 0 N–H and O–H groups in total. The Bertz CT molecular complexity index is 838. The summed E-state index contributed by atoms with van der Waals surface area (Å²) in [5.74, 6) is -0.229. The maximum atomic E-state index is 13.1.